The van der Waals surface area contributed by atoms with E-state index in [9.17, 15) is 9.59 Å². The molecule has 0 saturated heterocycles. The number of esters is 2. The van der Waals surface area contributed by atoms with Crippen molar-refractivity contribution >= 4 is 23.5 Å². The summed E-state index contributed by atoms with van der Waals surface area (Å²) in [6.07, 6.45) is -1.22. The second-order valence-electron chi connectivity index (χ2n) is 4.55. The van der Waals surface area contributed by atoms with Crippen molar-refractivity contribution in [3.05, 3.63) is 70.2 Å². The Balaban J connectivity index is 2.25. The Bertz CT molecular complexity index is 765. The van der Waals surface area contributed by atoms with E-state index in [1.54, 1.807) is 18.2 Å². The van der Waals surface area contributed by atoms with Crippen LogP contribution in [0.3, 0.4) is 0 Å². The molecular formula is C17H12ClNO4. The second kappa shape index (κ2) is 7.43. The molecule has 0 fully saturated rings. The van der Waals surface area contributed by atoms with Crippen LogP contribution in [0.4, 0.5) is 0 Å². The summed E-state index contributed by atoms with van der Waals surface area (Å²) in [5.41, 5.74) is 1.05. The zero-order chi connectivity index (χ0) is 16.8. The summed E-state index contributed by atoms with van der Waals surface area (Å²) < 4.78 is 9.93. The summed E-state index contributed by atoms with van der Waals surface area (Å²) in [4.78, 5) is 24.1. The van der Waals surface area contributed by atoms with Crippen molar-refractivity contribution in [3.63, 3.8) is 0 Å². The van der Waals surface area contributed by atoms with Crippen LogP contribution in [0.1, 0.15) is 27.6 Å². The highest BCUT2D eigenvalue weighted by molar-refractivity contribution is 6.30. The third-order valence-electron chi connectivity index (χ3n) is 3.04. The molecule has 0 amide bonds. The van der Waals surface area contributed by atoms with Crippen LogP contribution in [0.15, 0.2) is 48.5 Å². The van der Waals surface area contributed by atoms with Crippen LogP contribution in [0.25, 0.3) is 0 Å². The molecule has 2 rings (SSSR count). The lowest BCUT2D eigenvalue weighted by atomic mass is 10.1. The molecule has 2 aromatic rings. The highest BCUT2D eigenvalue weighted by Crippen LogP contribution is 2.23. The van der Waals surface area contributed by atoms with Gasteiger partial charge in [0.05, 0.1) is 24.3 Å². The van der Waals surface area contributed by atoms with Crippen molar-refractivity contribution in [1.29, 1.82) is 5.26 Å². The van der Waals surface area contributed by atoms with Gasteiger partial charge < -0.3 is 9.47 Å². The zero-order valence-electron chi connectivity index (χ0n) is 12.2. The van der Waals surface area contributed by atoms with Crippen LogP contribution >= 0.6 is 11.6 Å². The van der Waals surface area contributed by atoms with Gasteiger partial charge in [-0.1, -0.05) is 23.7 Å². The van der Waals surface area contributed by atoms with Crippen LogP contribution in [0.2, 0.25) is 5.02 Å². The number of rotatable bonds is 4. The molecule has 0 heterocycles. The van der Waals surface area contributed by atoms with Crippen molar-refractivity contribution in [3.8, 4) is 6.07 Å². The van der Waals surface area contributed by atoms with E-state index in [0.29, 0.717) is 16.1 Å². The number of benzene rings is 2. The van der Waals surface area contributed by atoms with Crippen molar-refractivity contribution in [1.82, 2.24) is 0 Å². The number of carbonyl (C=O) groups excluding carboxylic acids is 2. The minimum atomic E-state index is -1.22. The molecule has 6 heteroatoms. The molecule has 2 aromatic carbocycles. The van der Waals surface area contributed by atoms with E-state index in [4.69, 9.17) is 21.6 Å². The fourth-order valence-corrected chi connectivity index (χ4v) is 2.08. The molecule has 0 aliphatic rings. The first kappa shape index (κ1) is 16.5. The van der Waals surface area contributed by atoms with Crippen LogP contribution in [-0.2, 0) is 14.3 Å². The minimum Gasteiger partial charge on any atom is -0.466 e. The Kier molecular flexibility index (Phi) is 5.34. The largest absolute Gasteiger partial charge is 0.466 e. The number of hydrogen-bond acceptors (Lipinski definition) is 5. The van der Waals surface area contributed by atoms with Crippen LogP contribution in [0.5, 0.6) is 0 Å². The van der Waals surface area contributed by atoms with Crippen LogP contribution in [-0.4, -0.2) is 19.0 Å². The third kappa shape index (κ3) is 4.09. The monoisotopic (exact) mass is 329 g/mol. The molecule has 0 aliphatic heterocycles. The van der Waals surface area contributed by atoms with Gasteiger partial charge in [0.2, 0.25) is 6.10 Å². The molecule has 0 aliphatic carbocycles. The van der Waals surface area contributed by atoms with Gasteiger partial charge in [0.15, 0.2) is 0 Å². The van der Waals surface area contributed by atoms with E-state index in [2.05, 4.69) is 4.74 Å². The van der Waals surface area contributed by atoms with Gasteiger partial charge in [-0.25, -0.2) is 9.59 Å². The SMILES string of the molecule is COC(=O)C(OC(=O)c1ccc(C#N)cc1)c1cccc(Cl)c1. The fraction of sp³-hybridized carbons (Fsp3) is 0.118. The third-order valence-corrected chi connectivity index (χ3v) is 3.28. The standard InChI is InChI=1S/C17H12ClNO4/c1-22-17(21)15(13-3-2-4-14(18)9-13)23-16(20)12-7-5-11(10-19)6-8-12/h2-9,15H,1H3. The molecule has 0 aromatic heterocycles. The first-order valence-electron chi connectivity index (χ1n) is 6.59. The number of nitriles is 1. The topological polar surface area (TPSA) is 76.4 Å². The predicted molar refractivity (Wildman–Crippen MR) is 82.8 cm³/mol. The zero-order valence-corrected chi connectivity index (χ0v) is 12.9. The molecule has 1 atom stereocenters. The number of hydrogen-bond donors (Lipinski definition) is 0. The average molecular weight is 330 g/mol. The molecular weight excluding hydrogens is 318 g/mol. The summed E-state index contributed by atoms with van der Waals surface area (Å²) in [6.45, 7) is 0. The Morgan fingerprint density at radius 2 is 1.87 bits per heavy atom. The van der Waals surface area contributed by atoms with Gasteiger partial charge in [-0.15, -0.1) is 0 Å². The van der Waals surface area contributed by atoms with Crippen molar-refractivity contribution in [2.45, 2.75) is 6.10 Å². The van der Waals surface area contributed by atoms with E-state index in [-0.39, 0.29) is 5.56 Å². The van der Waals surface area contributed by atoms with E-state index in [0.717, 1.165) is 0 Å². The van der Waals surface area contributed by atoms with Crippen molar-refractivity contribution in [2.75, 3.05) is 7.11 Å². The Labute approximate surface area is 138 Å². The summed E-state index contributed by atoms with van der Waals surface area (Å²) in [5, 5.41) is 9.16. The van der Waals surface area contributed by atoms with Gasteiger partial charge >= 0.3 is 11.9 Å². The maximum atomic E-state index is 12.2. The van der Waals surface area contributed by atoms with Gasteiger partial charge in [0.25, 0.3) is 0 Å². The van der Waals surface area contributed by atoms with E-state index in [1.807, 2.05) is 6.07 Å². The number of halogens is 1. The Morgan fingerprint density at radius 3 is 2.43 bits per heavy atom. The molecule has 0 radical (unpaired) electrons. The van der Waals surface area contributed by atoms with Crippen LogP contribution < -0.4 is 0 Å². The van der Waals surface area contributed by atoms with E-state index >= 15 is 0 Å². The fourth-order valence-electron chi connectivity index (χ4n) is 1.88. The first-order chi connectivity index (χ1) is 11.0. The maximum Gasteiger partial charge on any atom is 0.351 e. The normalized spacial score (nSPS) is 11.2. The smallest absolute Gasteiger partial charge is 0.351 e. The van der Waals surface area contributed by atoms with E-state index in [1.165, 1.54) is 37.4 Å². The highest BCUT2D eigenvalue weighted by atomic mass is 35.5. The van der Waals surface area contributed by atoms with E-state index < -0.39 is 18.0 Å². The summed E-state index contributed by atoms with van der Waals surface area (Å²) in [7, 11) is 1.20. The first-order valence-corrected chi connectivity index (χ1v) is 6.97. The summed E-state index contributed by atoms with van der Waals surface area (Å²) in [6, 6.07) is 14.3. The lowest BCUT2D eigenvalue weighted by molar-refractivity contribution is -0.151. The lowest BCUT2D eigenvalue weighted by Crippen LogP contribution is -2.21. The van der Waals surface area contributed by atoms with Gasteiger partial charge in [0.1, 0.15) is 0 Å². The van der Waals surface area contributed by atoms with Gasteiger partial charge in [-0.3, -0.25) is 0 Å². The van der Waals surface area contributed by atoms with Gasteiger partial charge in [-0.2, -0.15) is 5.26 Å². The van der Waals surface area contributed by atoms with Gasteiger partial charge in [-0.05, 0) is 36.4 Å². The highest BCUT2D eigenvalue weighted by Gasteiger charge is 2.26. The number of carbonyl (C=O) groups is 2. The molecule has 5 nitrogen and oxygen atoms in total. The minimum absolute atomic E-state index is 0.222. The van der Waals surface area contributed by atoms with Gasteiger partial charge in [0, 0.05) is 10.6 Å². The molecule has 116 valence electrons. The summed E-state index contributed by atoms with van der Waals surface area (Å²) >= 11 is 5.90. The number of nitrogens with zero attached hydrogens (tertiary/aromatic N) is 1. The predicted octanol–water partition coefficient (Wildman–Crippen LogP) is 3.28. The van der Waals surface area contributed by atoms with Crippen molar-refractivity contribution in [2.24, 2.45) is 0 Å². The molecule has 0 N–H and O–H groups in total. The molecule has 0 bridgehead atoms. The van der Waals surface area contributed by atoms with Crippen molar-refractivity contribution < 1.29 is 19.1 Å². The quantitative estimate of drug-likeness (QED) is 0.804. The molecule has 23 heavy (non-hydrogen) atoms. The average Bonchev–Trinajstić information content (AvgIpc) is 2.58. The Hall–Kier alpha value is -2.84. The second-order valence-corrected chi connectivity index (χ2v) is 4.99. The maximum absolute atomic E-state index is 12.2. The molecule has 1 unspecified atom stereocenters. The Morgan fingerprint density at radius 1 is 1.17 bits per heavy atom. The summed E-state index contributed by atoms with van der Waals surface area (Å²) in [5.74, 6) is -1.42. The number of ether oxygens (including phenoxy) is 2. The number of methoxy groups -OCH3 is 1. The van der Waals surface area contributed by atoms with Crippen LogP contribution in [0, 0.1) is 11.3 Å². The molecule has 0 spiro atoms. The molecule has 0 saturated carbocycles. The lowest BCUT2D eigenvalue weighted by Gasteiger charge is -2.16.